The summed E-state index contributed by atoms with van der Waals surface area (Å²) >= 11 is 7.46. The van der Waals surface area contributed by atoms with Gasteiger partial charge in [-0.2, -0.15) is 0 Å². The lowest BCUT2D eigenvalue weighted by Crippen LogP contribution is -2.19. The predicted molar refractivity (Wildman–Crippen MR) is 68.8 cm³/mol. The first-order chi connectivity index (χ1) is 7.59. The maximum atomic E-state index is 10.5. The summed E-state index contributed by atoms with van der Waals surface area (Å²) in [6, 6.07) is 4.26. The van der Waals surface area contributed by atoms with E-state index in [2.05, 4.69) is 12.2 Å². The average molecular weight is 261 g/mol. The second kappa shape index (κ2) is 6.89. The summed E-state index contributed by atoms with van der Waals surface area (Å²) in [5.74, 6) is -0.224. The highest BCUT2D eigenvalue weighted by molar-refractivity contribution is 7.16. The number of hydrogen-bond acceptors (Lipinski definition) is 3. The van der Waals surface area contributed by atoms with E-state index >= 15 is 0 Å². The summed E-state index contributed by atoms with van der Waals surface area (Å²) < 4.78 is 0.817. The number of nitrogens with two attached hydrogens (primary N) is 1. The maximum absolute atomic E-state index is 10.5. The van der Waals surface area contributed by atoms with Gasteiger partial charge in [-0.15, -0.1) is 11.3 Å². The Balaban J connectivity index is 2.15. The van der Waals surface area contributed by atoms with Gasteiger partial charge in [0.2, 0.25) is 5.91 Å². The fourth-order valence-corrected chi connectivity index (χ4v) is 2.49. The first-order valence-electron chi connectivity index (χ1n) is 5.36. The van der Waals surface area contributed by atoms with Crippen LogP contribution in [0.1, 0.15) is 37.1 Å². The lowest BCUT2D eigenvalue weighted by Gasteiger charge is -2.11. The van der Waals surface area contributed by atoms with Gasteiger partial charge >= 0.3 is 0 Å². The summed E-state index contributed by atoms with van der Waals surface area (Å²) in [6.07, 6.45) is 2.29. The van der Waals surface area contributed by atoms with E-state index in [-0.39, 0.29) is 5.91 Å². The first kappa shape index (κ1) is 13.5. The predicted octanol–water partition coefficient (Wildman–Crippen LogP) is 2.71. The minimum atomic E-state index is -0.224. The molecular weight excluding hydrogens is 244 g/mol. The number of rotatable bonds is 7. The molecule has 3 nitrogen and oxygen atoms in total. The molecular formula is C11H17ClN2OS. The molecule has 0 aliphatic rings. The summed E-state index contributed by atoms with van der Waals surface area (Å²) in [5.41, 5.74) is 5.06. The number of hydrogen-bond donors (Lipinski definition) is 2. The van der Waals surface area contributed by atoms with Crippen LogP contribution in [-0.2, 0) is 4.79 Å². The Morgan fingerprint density at radius 1 is 1.56 bits per heavy atom. The van der Waals surface area contributed by atoms with Crippen LogP contribution in [-0.4, -0.2) is 12.5 Å². The zero-order chi connectivity index (χ0) is 12.0. The van der Waals surface area contributed by atoms with Crippen LogP contribution in [0.2, 0.25) is 4.34 Å². The van der Waals surface area contributed by atoms with Crippen molar-refractivity contribution in [2.75, 3.05) is 6.54 Å². The van der Waals surface area contributed by atoms with Gasteiger partial charge in [-0.3, -0.25) is 4.79 Å². The van der Waals surface area contributed by atoms with E-state index < -0.39 is 0 Å². The minimum absolute atomic E-state index is 0.224. The highest BCUT2D eigenvalue weighted by Crippen LogP contribution is 2.26. The van der Waals surface area contributed by atoms with Crippen molar-refractivity contribution >= 4 is 28.8 Å². The zero-order valence-electron chi connectivity index (χ0n) is 9.33. The fourth-order valence-electron chi connectivity index (χ4n) is 1.40. The number of thiophene rings is 1. The molecule has 0 saturated carbocycles. The quantitative estimate of drug-likeness (QED) is 0.741. The van der Waals surface area contributed by atoms with Crippen molar-refractivity contribution < 1.29 is 4.79 Å². The molecule has 0 fully saturated rings. The summed E-state index contributed by atoms with van der Waals surface area (Å²) in [6.45, 7) is 3.00. The molecule has 0 aromatic carbocycles. The van der Waals surface area contributed by atoms with Crippen molar-refractivity contribution in [3.8, 4) is 0 Å². The number of amides is 1. The lowest BCUT2D eigenvalue weighted by atomic mass is 10.2. The first-order valence-corrected chi connectivity index (χ1v) is 6.56. The Morgan fingerprint density at radius 3 is 2.88 bits per heavy atom. The van der Waals surface area contributed by atoms with Crippen LogP contribution in [0, 0.1) is 0 Å². The number of carbonyl (C=O) groups excluding carboxylic acids is 1. The van der Waals surface area contributed by atoms with Crippen LogP contribution in [0.25, 0.3) is 0 Å². The van der Waals surface area contributed by atoms with Gasteiger partial charge in [-0.25, -0.2) is 0 Å². The molecule has 1 heterocycles. The second-order valence-corrected chi connectivity index (χ2v) is 5.49. The van der Waals surface area contributed by atoms with E-state index in [0.29, 0.717) is 12.5 Å². The van der Waals surface area contributed by atoms with E-state index in [1.807, 2.05) is 12.1 Å². The molecule has 3 N–H and O–H groups in total. The summed E-state index contributed by atoms with van der Waals surface area (Å²) in [4.78, 5) is 11.7. The van der Waals surface area contributed by atoms with Crippen LogP contribution in [0.4, 0.5) is 0 Å². The molecule has 1 aromatic rings. The molecule has 5 heteroatoms. The number of unbranched alkanes of at least 4 members (excludes halogenated alkanes) is 1. The molecule has 0 radical (unpaired) electrons. The number of primary amides is 1. The van der Waals surface area contributed by atoms with Gasteiger partial charge in [0.15, 0.2) is 0 Å². The molecule has 0 aliphatic carbocycles. The molecule has 0 aliphatic heterocycles. The van der Waals surface area contributed by atoms with Gasteiger partial charge in [0.05, 0.1) is 4.34 Å². The number of halogens is 1. The van der Waals surface area contributed by atoms with Crippen molar-refractivity contribution in [1.29, 1.82) is 0 Å². The van der Waals surface area contributed by atoms with Crippen LogP contribution >= 0.6 is 22.9 Å². The molecule has 90 valence electrons. The van der Waals surface area contributed by atoms with Crippen LogP contribution < -0.4 is 11.1 Å². The minimum Gasteiger partial charge on any atom is -0.370 e. The van der Waals surface area contributed by atoms with Gasteiger partial charge in [0.1, 0.15) is 0 Å². The van der Waals surface area contributed by atoms with Crippen LogP contribution in [0.15, 0.2) is 12.1 Å². The molecule has 1 atom stereocenters. The molecule has 0 saturated heterocycles. The zero-order valence-corrected chi connectivity index (χ0v) is 10.9. The van der Waals surface area contributed by atoms with Crippen molar-refractivity contribution in [3.05, 3.63) is 21.3 Å². The third kappa shape index (κ3) is 4.96. The van der Waals surface area contributed by atoms with Gasteiger partial charge < -0.3 is 11.1 Å². The van der Waals surface area contributed by atoms with Gasteiger partial charge in [-0.05, 0) is 38.4 Å². The second-order valence-electron chi connectivity index (χ2n) is 3.74. The summed E-state index contributed by atoms with van der Waals surface area (Å²) in [7, 11) is 0. The Hall–Kier alpha value is -0.580. The Labute approximate surface area is 105 Å². The van der Waals surface area contributed by atoms with Crippen molar-refractivity contribution in [1.82, 2.24) is 5.32 Å². The molecule has 1 rings (SSSR count). The van der Waals surface area contributed by atoms with Crippen molar-refractivity contribution in [2.45, 2.75) is 32.2 Å². The third-order valence-electron chi connectivity index (χ3n) is 2.32. The maximum Gasteiger partial charge on any atom is 0.217 e. The SMILES string of the molecule is CC(NCCCCC(N)=O)c1ccc(Cl)s1. The number of carbonyl (C=O) groups is 1. The monoisotopic (exact) mass is 260 g/mol. The fraction of sp³-hybridized carbons (Fsp3) is 0.545. The Kier molecular flexibility index (Phi) is 5.80. The van der Waals surface area contributed by atoms with Crippen LogP contribution in [0.3, 0.4) is 0 Å². The molecule has 1 unspecified atom stereocenters. The van der Waals surface area contributed by atoms with Crippen molar-refractivity contribution in [2.24, 2.45) is 5.73 Å². The lowest BCUT2D eigenvalue weighted by molar-refractivity contribution is -0.118. The summed E-state index contributed by atoms with van der Waals surface area (Å²) in [5, 5.41) is 3.39. The highest BCUT2D eigenvalue weighted by Gasteiger charge is 2.06. The largest absolute Gasteiger partial charge is 0.370 e. The number of nitrogens with one attached hydrogen (secondary N) is 1. The van der Waals surface area contributed by atoms with Gasteiger partial charge in [0.25, 0.3) is 0 Å². The average Bonchev–Trinajstić information content (AvgIpc) is 2.63. The standard InChI is InChI=1S/C11H17ClN2OS/c1-8(9-5-6-10(12)16-9)14-7-3-2-4-11(13)15/h5-6,8,14H,2-4,7H2,1H3,(H2,13,15). The smallest absolute Gasteiger partial charge is 0.217 e. The van der Waals surface area contributed by atoms with E-state index in [1.54, 1.807) is 11.3 Å². The van der Waals surface area contributed by atoms with E-state index in [0.717, 1.165) is 23.7 Å². The van der Waals surface area contributed by atoms with Crippen molar-refractivity contribution in [3.63, 3.8) is 0 Å². The van der Waals surface area contributed by atoms with Gasteiger partial charge in [0, 0.05) is 17.3 Å². The van der Waals surface area contributed by atoms with E-state index in [4.69, 9.17) is 17.3 Å². The molecule has 1 amide bonds. The molecule has 1 aromatic heterocycles. The molecule has 16 heavy (non-hydrogen) atoms. The molecule has 0 spiro atoms. The van der Waals surface area contributed by atoms with E-state index in [1.165, 1.54) is 4.88 Å². The van der Waals surface area contributed by atoms with Crippen LogP contribution in [0.5, 0.6) is 0 Å². The molecule has 0 bridgehead atoms. The topological polar surface area (TPSA) is 55.1 Å². The van der Waals surface area contributed by atoms with E-state index in [9.17, 15) is 4.79 Å². The Bertz CT molecular complexity index is 340. The Morgan fingerprint density at radius 2 is 2.31 bits per heavy atom. The normalized spacial score (nSPS) is 12.6. The van der Waals surface area contributed by atoms with Gasteiger partial charge in [-0.1, -0.05) is 11.6 Å². The highest BCUT2D eigenvalue weighted by atomic mass is 35.5. The third-order valence-corrected chi connectivity index (χ3v) is 3.74.